The van der Waals surface area contributed by atoms with Crippen molar-refractivity contribution in [3.05, 3.63) is 82.9 Å². The molecule has 180 valence electrons. The molecule has 0 aromatic heterocycles. The van der Waals surface area contributed by atoms with Gasteiger partial charge in [0, 0.05) is 12.3 Å². The van der Waals surface area contributed by atoms with Gasteiger partial charge in [0.2, 0.25) is 5.91 Å². The fourth-order valence-electron chi connectivity index (χ4n) is 3.36. The van der Waals surface area contributed by atoms with E-state index in [1.54, 1.807) is 33.1 Å². The van der Waals surface area contributed by atoms with Crippen LogP contribution >= 0.6 is 11.8 Å². The molecule has 0 heterocycles. The van der Waals surface area contributed by atoms with Crippen molar-refractivity contribution in [3.63, 3.8) is 0 Å². The molecular weight excluding hydrogens is 450 g/mol. The molecule has 3 aromatic rings. The van der Waals surface area contributed by atoms with Crippen molar-refractivity contribution in [3.8, 4) is 23.0 Å². The van der Waals surface area contributed by atoms with Crippen LogP contribution in [0.2, 0.25) is 0 Å². The number of aryl methyl sites for hydroxylation is 1. The number of thioether (sulfide) groups is 1. The van der Waals surface area contributed by atoms with Gasteiger partial charge in [-0.2, -0.15) is 0 Å². The SMILES string of the molecule is COc1cc(C)c(CSCC(=O)NCc2ccc(OCc3ccccc3)c(OC)c2)cc1OC. The van der Waals surface area contributed by atoms with E-state index in [0.29, 0.717) is 47.7 Å². The van der Waals surface area contributed by atoms with Gasteiger partial charge in [-0.05, 0) is 53.4 Å². The lowest BCUT2D eigenvalue weighted by Gasteiger charge is -2.13. The third kappa shape index (κ3) is 7.09. The Morgan fingerprint density at radius 1 is 0.824 bits per heavy atom. The molecule has 0 aliphatic carbocycles. The molecule has 0 aliphatic heterocycles. The number of methoxy groups -OCH3 is 3. The van der Waals surface area contributed by atoms with Gasteiger partial charge in [-0.1, -0.05) is 36.4 Å². The van der Waals surface area contributed by atoms with Gasteiger partial charge in [0.15, 0.2) is 23.0 Å². The number of nitrogens with one attached hydrogen (secondary N) is 1. The van der Waals surface area contributed by atoms with Crippen LogP contribution < -0.4 is 24.3 Å². The minimum atomic E-state index is -0.0218. The quantitative estimate of drug-likeness (QED) is 0.386. The minimum Gasteiger partial charge on any atom is -0.493 e. The molecular formula is C27H31NO5S. The second kappa shape index (κ2) is 12.8. The van der Waals surface area contributed by atoms with Crippen molar-refractivity contribution in [2.45, 2.75) is 25.8 Å². The molecule has 3 aromatic carbocycles. The normalized spacial score (nSPS) is 10.5. The van der Waals surface area contributed by atoms with Crippen LogP contribution in [0.1, 0.15) is 22.3 Å². The first-order valence-corrected chi connectivity index (χ1v) is 12.1. The molecule has 0 aliphatic rings. The molecule has 0 atom stereocenters. The topological polar surface area (TPSA) is 66.0 Å². The van der Waals surface area contributed by atoms with Crippen molar-refractivity contribution in [1.29, 1.82) is 0 Å². The Bertz CT molecular complexity index is 1090. The lowest BCUT2D eigenvalue weighted by Crippen LogP contribution is -2.24. The smallest absolute Gasteiger partial charge is 0.230 e. The molecule has 0 saturated heterocycles. The van der Waals surface area contributed by atoms with Gasteiger partial charge in [-0.3, -0.25) is 4.79 Å². The van der Waals surface area contributed by atoms with Crippen molar-refractivity contribution >= 4 is 17.7 Å². The zero-order valence-corrected chi connectivity index (χ0v) is 20.9. The van der Waals surface area contributed by atoms with Crippen LogP contribution in [-0.4, -0.2) is 33.0 Å². The Labute approximate surface area is 205 Å². The van der Waals surface area contributed by atoms with Crippen LogP contribution in [0.15, 0.2) is 60.7 Å². The molecule has 0 radical (unpaired) electrons. The van der Waals surface area contributed by atoms with E-state index in [1.807, 2.05) is 67.6 Å². The number of ether oxygens (including phenoxy) is 4. The molecule has 0 spiro atoms. The van der Waals surface area contributed by atoms with Gasteiger partial charge >= 0.3 is 0 Å². The van der Waals surface area contributed by atoms with Gasteiger partial charge < -0.3 is 24.3 Å². The fraction of sp³-hybridized carbons (Fsp3) is 0.296. The van der Waals surface area contributed by atoms with Crippen LogP contribution in [-0.2, 0) is 23.7 Å². The summed E-state index contributed by atoms with van der Waals surface area (Å²) in [4.78, 5) is 12.4. The van der Waals surface area contributed by atoms with E-state index in [9.17, 15) is 4.79 Å². The van der Waals surface area contributed by atoms with Crippen LogP contribution in [0, 0.1) is 6.92 Å². The number of hydrogen-bond acceptors (Lipinski definition) is 6. The molecule has 6 nitrogen and oxygen atoms in total. The highest BCUT2D eigenvalue weighted by molar-refractivity contribution is 7.99. The van der Waals surface area contributed by atoms with Crippen molar-refractivity contribution in [1.82, 2.24) is 5.32 Å². The first-order valence-electron chi connectivity index (χ1n) is 10.9. The number of carbonyl (C=O) groups excluding carboxylic acids is 1. The zero-order chi connectivity index (χ0) is 24.3. The van der Waals surface area contributed by atoms with Crippen LogP contribution in [0.25, 0.3) is 0 Å². The molecule has 34 heavy (non-hydrogen) atoms. The highest BCUT2D eigenvalue weighted by Gasteiger charge is 2.11. The summed E-state index contributed by atoms with van der Waals surface area (Å²) in [5, 5.41) is 2.97. The van der Waals surface area contributed by atoms with E-state index in [2.05, 4.69) is 5.32 Å². The zero-order valence-electron chi connectivity index (χ0n) is 20.1. The standard InChI is InChI=1S/C27H31NO5S/c1-19-12-24(30-2)26(32-4)14-22(19)17-34-18-27(29)28-15-21-10-11-23(25(13-21)31-3)33-16-20-8-6-5-7-9-20/h5-14H,15-18H2,1-4H3,(H,28,29). The largest absolute Gasteiger partial charge is 0.493 e. The maximum atomic E-state index is 12.4. The van der Waals surface area contributed by atoms with Crippen LogP contribution in [0.4, 0.5) is 0 Å². The molecule has 0 fully saturated rings. The maximum Gasteiger partial charge on any atom is 0.230 e. The fourth-order valence-corrected chi connectivity index (χ4v) is 4.28. The summed E-state index contributed by atoms with van der Waals surface area (Å²) in [5.41, 5.74) is 4.25. The first-order chi connectivity index (χ1) is 16.5. The van der Waals surface area contributed by atoms with Gasteiger partial charge in [0.05, 0.1) is 27.1 Å². The average molecular weight is 482 g/mol. The molecule has 3 rings (SSSR count). The Hall–Kier alpha value is -3.32. The predicted molar refractivity (Wildman–Crippen MR) is 136 cm³/mol. The van der Waals surface area contributed by atoms with Gasteiger partial charge in [-0.25, -0.2) is 0 Å². The Morgan fingerprint density at radius 2 is 1.50 bits per heavy atom. The first kappa shape index (κ1) is 25.3. The van der Waals surface area contributed by atoms with E-state index in [0.717, 1.165) is 22.3 Å². The lowest BCUT2D eigenvalue weighted by molar-refractivity contribution is -0.118. The summed E-state index contributed by atoms with van der Waals surface area (Å²) >= 11 is 1.56. The number of carbonyl (C=O) groups is 1. The summed E-state index contributed by atoms with van der Waals surface area (Å²) in [5.74, 6) is 3.76. The van der Waals surface area contributed by atoms with Crippen LogP contribution in [0.5, 0.6) is 23.0 Å². The third-order valence-electron chi connectivity index (χ3n) is 5.29. The minimum absolute atomic E-state index is 0.0218. The van der Waals surface area contributed by atoms with Gasteiger partial charge in [0.1, 0.15) is 6.61 Å². The van der Waals surface area contributed by atoms with Gasteiger partial charge in [0.25, 0.3) is 0 Å². The van der Waals surface area contributed by atoms with E-state index >= 15 is 0 Å². The summed E-state index contributed by atoms with van der Waals surface area (Å²) in [6.07, 6.45) is 0. The predicted octanol–water partition coefficient (Wildman–Crippen LogP) is 5.15. The Balaban J connectivity index is 1.48. The number of benzene rings is 3. The van der Waals surface area contributed by atoms with E-state index in [-0.39, 0.29) is 5.91 Å². The van der Waals surface area contributed by atoms with Crippen molar-refractivity contribution in [2.75, 3.05) is 27.1 Å². The van der Waals surface area contributed by atoms with E-state index in [4.69, 9.17) is 18.9 Å². The monoisotopic (exact) mass is 481 g/mol. The number of amides is 1. The summed E-state index contributed by atoms with van der Waals surface area (Å²) < 4.78 is 22.1. The highest BCUT2D eigenvalue weighted by atomic mass is 32.2. The van der Waals surface area contributed by atoms with Gasteiger partial charge in [-0.15, -0.1) is 11.8 Å². The summed E-state index contributed by atoms with van der Waals surface area (Å²) in [7, 11) is 4.85. The highest BCUT2D eigenvalue weighted by Crippen LogP contribution is 2.32. The molecule has 0 unspecified atom stereocenters. The third-order valence-corrected chi connectivity index (χ3v) is 6.27. The average Bonchev–Trinajstić information content (AvgIpc) is 2.87. The lowest BCUT2D eigenvalue weighted by atomic mass is 10.1. The number of rotatable bonds is 12. The summed E-state index contributed by atoms with van der Waals surface area (Å²) in [6, 6.07) is 19.6. The van der Waals surface area contributed by atoms with E-state index < -0.39 is 0 Å². The molecule has 1 N–H and O–H groups in total. The van der Waals surface area contributed by atoms with Crippen molar-refractivity contribution in [2.24, 2.45) is 0 Å². The van der Waals surface area contributed by atoms with E-state index in [1.165, 1.54) is 0 Å². The molecule has 0 saturated carbocycles. The Morgan fingerprint density at radius 3 is 2.21 bits per heavy atom. The summed E-state index contributed by atoms with van der Waals surface area (Å²) in [6.45, 7) is 2.91. The number of hydrogen-bond donors (Lipinski definition) is 1. The molecule has 1 amide bonds. The van der Waals surface area contributed by atoms with Crippen molar-refractivity contribution < 1.29 is 23.7 Å². The Kier molecular flexibility index (Phi) is 9.52. The molecule has 7 heteroatoms. The molecule has 0 bridgehead atoms. The second-order valence-electron chi connectivity index (χ2n) is 7.66. The maximum absolute atomic E-state index is 12.4. The second-order valence-corrected chi connectivity index (χ2v) is 8.65. The van der Waals surface area contributed by atoms with Crippen LogP contribution in [0.3, 0.4) is 0 Å².